The van der Waals surface area contributed by atoms with E-state index in [-0.39, 0.29) is 22.7 Å². The molecular weight excluding hydrogens is 394 g/mol. The summed E-state index contributed by atoms with van der Waals surface area (Å²) in [6.45, 7) is 3.40. The van der Waals surface area contributed by atoms with Crippen molar-refractivity contribution in [1.82, 2.24) is 5.32 Å². The van der Waals surface area contributed by atoms with Crippen LogP contribution in [0.4, 0.5) is 0 Å². The minimum Gasteiger partial charge on any atom is -0.454 e. The predicted octanol–water partition coefficient (Wildman–Crippen LogP) is 3.07. The van der Waals surface area contributed by atoms with Crippen molar-refractivity contribution in [1.29, 1.82) is 5.41 Å². The summed E-state index contributed by atoms with van der Waals surface area (Å²) in [7, 11) is 0. The van der Waals surface area contributed by atoms with E-state index >= 15 is 0 Å². The van der Waals surface area contributed by atoms with Gasteiger partial charge in [0.2, 0.25) is 5.78 Å². The molecule has 0 saturated carbocycles. The zero-order valence-electron chi connectivity index (χ0n) is 16.6. The number of Topliss-reactive ketones (excluding diaryl/α,β-unsaturated/α-hetero) is 1. The van der Waals surface area contributed by atoms with Gasteiger partial charge in [0.05, 0.1) is 5.02 Å². The molecule has 2 rings (SSSR count). The molecule has 1 aromatic rings. The molecule has 1 aliphatic rings. The van der Waals surface area contributed by atoms with Crippen molar-refractivity contribution in [3.05, 3.63) is 46.2 Å². The number of nitrogens with one attached hydrogen (secondary N) is 2. The zero-order valence-corrected chi connectivity index (χ0v) is 17.4. The lowest BCUT2D eigenvalue weighted by Gasteiger charge is -2.22. The van der Waals surface area contributed by atoms with Gasteiger partial charge >= 0.3 is 5.97 Å². The maximum absolute atomic E-state index is 12.5. The monoisotopic (exact) mass is 421 g/mol. The Morgan fingerprint density at radius 2 is 2.00 bits per heavy atom. The fraction of sp³-hybridized carbons (Fsp3) is 0.476. The molecule has 158 valence electrons. The molecule has 8 heteroatoms. The number of carbonyl (C=O) groups excluding carboxylic acids is 2. The molecule has 0 spiro atoms. The van der Waals surface area contributed by atoms with E-state index in [2.05, 4.69) is 5.32 Å². The Labute approximate surface area is 176 Å². The molecule has 0 amide bonds. The van der Waals surface area contributed by atoms with Gasteiger partial charge in [0.15, 0.2) is 6.61 Å². The number of hydrogen-bond donors (Lipinski definition) is 3. The minimum absolute atomic E-state index is 0.0357. The van der Waals surface area contributed by atoms with E-state index in [0.29, 0.717) is 23.9 Å². The first-order valence-electron chi connectivity index (χ1n) is 9.78. The highest BCUT2D eigenvalue weighted by atomic mass is 35.5. The summed E-state index contributed by atoms with van der Waals surface area (Å²) in [5, 5.41) is 11.4. The Morgan fingerprint density at radius 3 is 2.66 bits per heavy atom. The van der Waals surface area contributed by atoms with E-state index in [1.165, 1.54) is 0 Å². The van der Waals surface area contributed by atoms with Crippen LogP contribution in [0, 0.1) is 11.3 Å². The number of esters is 1. The van der Waals surface area contributed by atoms with Gasteiger partial charge in [-0.2, -0.15) is 0 Å². The van der Waals surface area contributed by atoms with Gasteiger partial charge in [0.1, 0.15) is 11.4 Å². The molecule has 1 aromatic carbocycles. The summed E-state index contributed by atoms with van der Waals surface area (Å²) in [6.07, 6.45) is 3.23. The number of carbonyl (C=O) groups is 2. The van der Waals surface area contributed by atoms with Crippen molar-refractivity contribution in [3.8, 4) is 0 Å². The van der Waals surface area contributed by atoms with Gasteiger partial charge in [-0.1, -0.05) is 30.7 Å². The average Bonchev–Trinajstić information content (AvgIpc) is 2.73. The molecular formula is C21H28ClN3O4. The van der Waals surface area contributed by atoms with Crippen LogP contribution in [0.2, 0.25) is 5.02 Å². The molecule has 0 radical (unpaired) electrons. The van der Waals surface area contributed by atoms with Crippen molar-refractivity contribution in [2.45, 2.75) is 32.6 Å². The number of ketones is 1. The highest BCUT2D eigenvalue weighted by molar-refractivity contribution is 6.34. The molecule has 1 aliphatic heterocycles. The third-order valence-corrected chi connectivity index (χ3v) is 5.18. The van der Waals surface area contributed by atoms with E-state index < -0.39 is 18.4 Å². The van der Waals surface area contributed by atoms with Crippen LogP contribution in [-0.2, 0) is 14.3 Å². The standard InChI is InChI=1S/C21H28ClN3O4/c1-2-17(23)19(20(24)25-10-7-14-8-11-28-12-9-14)21(27)29-13-18(26)15-5-3-4-6-16(15)22/h3-6,14,23,25H,2,7-13,24H2,1H3/b20-19+,23-17?. The first-order valence-corrected chi connectivity index (χ1v) is 10.2. The molecule has 1 saturated heterocycles. The summed E-state index contributed by atoms with van der Waals surface area (Å²) in [6, 6.07) is 6.55. The van der Waals surface area contributed by atoms with Crippen LogP contribution in [0.15, 0.2) is 35.7 Å². The van der Waals surface area contributed by atoms with Gasteiger partial charge in [0, 0.05) is 31.0 Å². The fourth-order valence-electron chi connectivity index (χ4n) is 3.08. The van der Waals surface area contributed by atoms with Crippen LogP contribution in [0.5, 0.6) is 0 Å². The quantitative estimate of drug-likeness (QED) is 0.231. The molecule has 0 unspecified atom stereocenters. The lowest BCUT2D eigenvalue weighted by Crippen LogP contribution is -2.31. The van der Waals surface area contributed by atoms with Crippen LogP contribution in [0.25, 0.3) is 0 Å². The van der Waals surface area contributed by atoms with Crippen LogP contribution in [-0.4, -0.2) is 43.8 Å². The van der Waals surface area contributed by atoms with Crippen LogP contribution >= 0.6 is 11.6 Å². The number of benzene rings is 1. The second-order valence-electron chi connectivity index (χ2n) is 6.87. The Balaban J connectivity index is 1.97. The fourth-order valence-corrected chi connectivity index (χ4v) is 3.32. The van der Waals surface area contributed by atoms with Crippen molar-refractivity contribution in [3.63, 3.8) is 0 Å². The molecule has 0 aromatic heterocycles. The third kappa shape index (κ3) is 6.87. The van der Waals surface area contributed by atoms with Gasteiger partial charge in [-0.3, -0.25) is 4.79 Å². The van der Waals surface area contributed by atoms with E-state index in [0.717, 1.165) is 32.5 Å². The molecule has 7 nitrogen and oxygen atoms in total. The molecule has 0 bridgehead atoms. The minimum atomic E-state index is -0.798. The summed E-state index contributed by atoms with van der Waals surface area (Å²) in [5.41, 5.74) is 6.34. The molecule has 29 heavy (non-hydrogen) atoms. The SMILES string of the molecule is CCC(=N)/C(C(=O)OCC(=O)c1ccccc1Cl)=C(/N)NCCC1CCOCC1. The number of hydrogen-bond acceptors (Lipinski definition) is 7. The first kappa shape index (κ1) is 22.9. The molecule has 0 aliphatic carbocycles. The summed E-state index contributed by atoms with van der Waals surface area (Å²) in [4.78, 5) is 24.8. The highest BCUT2D eigenvalue weighted by Crippen LogP contribution is 2.18. The van der Waals surface area contributed by atoms with Crippen LogP contribution in [0.3, 0.4) is 0 Å². The van der Waals surface area contributed by atoms with Crippen molar-refractivity contribution in [2.24, 2.45) is 11.7 Å². The maximum atomic E-state index is 12.5. The Bertz CT molecular complexity index is 773. The third-order valence-electron chi connectivity index (χ3n) is 4.85. The van der Waals surface area contributed by atoms with Gasteiger partial charge in [0.25, 0.3) is 0 Å². The summed E-state index contributed by atoms with van der Waals surface area (Å²) >= 11 is 6.00. The van der Waals surface area contributed by atoms with Crippen molar-refractivity contribution >= 4 is 29.1 Å². The van der Waals surface area contributed by atoms with Gasteiger partial charge in [-0.15, -0.1) is 0 Å². The van der Waals surface area contributed by atoms with Crippen molar-refractivity contribution in [2.75, 3.05) is 26.4 Å². The molecule has 1 fully saturated rings. The second kappa shape index (κ2) is 11.6. The van der Waals surface area contributed by atoms with Crippen LogP contribution in [0.1, 0.15) is 43.0 Å². The molecule has 1 heterocycles. The number of ether oxygens (including phenoxy) is 2. The highest BCUT2D eigenvalue weighted by Gasteiger charge is 2.22. The summed E-state index contributed by atoms with van der Waals surface area (Å²) in [5.74, 6) is -0.567. The Morgan fingerprint density at radius 1 is 1.31 bits per heavy atom. The Kier molecular flexibility index (Phi) is 9.15. The summed E-state index contributed by atoms with van der Waals surface area (Å²) < 4.78 is 10.5. The van der Waals surface area contributed by atoms with Gasteiger partial charge in [-0.25, -0.2) is 4.79 Å². The average molecular weight is 422 g/mol. The molecule has 4 N–H and O–H groups in total. The van der Waals surface area contributed by atoms with E-state index in [9.17, 15) is 9.59 Å². The number of rotatable bonds is 10. The van der Waals surface area contributed by atoms with Crippen LogP contribution < -0.4 is 11.1 Å². The van der Waals surface area contributed by atoms with E-state index in [1.54, 1.807) is 31.2 Å². The normalized spacial score (nSPS) is 15.4. The number of halogens is 1. The van der Waals surface area contributed by atoms with Gasteiger partial charge in [-0.05, 0) is 43.7 Å². The maximum Gasteiger partial charge on any atom is 0.344 e. The zero-order chi connectivity index (χ0) is 21.2. The predicted molar refractivity (Wildman–Crippen MR) is 112 cm³/mol. The van der Waals surface area contributed by atoms with Crippen molar-refractivity contribution < 1.29 is 19.1 Å². The van der Waals surface area contributed by atoms with Gasteiger partial charge < -0.3 is 25.9 Å². The topological polar surface area (TPSA) is 114 Å². The van der Waals surface area contributed by atoms with E-state index in [4.69, 9.17) is 32.2 Å². The number of nitrogens with two attached hydrogens (primary N) is 1. The smallest absolute Gasteiger partial charge is 0.344 e. The first-order chi connectivity index (χ1) is 13.9. The van der Waals surface area contributed by atoms with E-state index in [1.807, 2.05) is 0 Å². The second-order valence-corrected chi connectivity index (χ2v) is 7.28. The Hall–Kier alpha value is -2.38. The lowest BCUT2D eigenvalue weighted by molar-refractivity contribution is -0.137. The molecule has 0 atom stereocenters. The largest absolute Gasteiger partial charge is 0.454 e. The lowest BCUT2D eigenvalue weighted by atomic mass is 9.96.